The summed E-state index contributed by atoms with van der Waals surface area (Å²) in [5.74, 6) is 0.441. The van der Waals surface area contributed by atoms with Gasteiger partial charge in [-0.15, -0.1) is 0 Å². The third kappa shape index (κ3) is 5.28. The number of rotatable bonds is 8. The number of ether oxygens (including phenoxy) is 2. The number of nitrogens with one attached hydrogen (secondary N) is 2. The average Bonchev–Trinajstić information content (AvgIpc) is 3.58. The van der Waals surface area contributed by atoms with Crippen molar-refractivity contribution >= 4 is 34.9 Å². The molecule has 2 aromatic heterocycles. The predicted octanol–water partition coefficient (Wildman–Crippen LogP) is -1.02. The topological polar surface area (TPSA) is 207 Å². The van der Waals surface area contributed by atoms with E-state index < -0.39 is 42.6 Å². The molecular formula is C25H34N8O7. The van der Waals surface area contributed by atoms with E-state index in [0.29, 0.717) is 49.0 Å². The largest absolute Gasteiger partial charge is 0.434 e. The second-order valence-corrected chi connectivity index (χ2v) is 11.0. The SMILES string of the molecule is Nc1nc(CCCC2CCN(C(=O)OC3CNC3=O)CC2)nc2c1ncn2[C@@H]1O[C@H](C(=O)NC2CC2)C(O)[C@@H]1O. The van der Waals surface area contributed by atoms with Crippen LogP contribution in [0.15, 0.2) is 6.33 Å². The number of piperidine rings is 1. The number of imidazole rings is 1. The highest BCUT2D eigenvalue weighted by Crippen LogP contribution is 2.33. The maximum Gasteiger partial charge on any atom is 0.410 e. The molecule has 3 aliphatic heterocycles. The summed E-state index contributed by atoms with van der Waals surface area (Å²) in [6.07, 6.45) is 1.03. The second-order valence-electron chi connectivity index (χ2n) is 11.0. The molecule has 6 rings (SSSR count). The van der Waals surface area contributed by atoms with Gasteiger partial charge in [-0.1, -0.05) is 0 Å². The lowest BCUT2D eigenvalue weighted by molar-refractivity contribution is -0.138. The molecule has 1 aliphatic carbocycles. The summed E-state index contributed by atoms with van der Waals surface area (Å²) in [4.78, 5) is 51.0. The van der Waals surface area contributed by atoms with Gasteiger partial charge in [0, 0.05) is 25.6 Å². The summed E-state index contributed by atoms with van der Waals surface area (Å²) in [5.41, 5.74) is 6.87. The molecule has 15 heteroatoms. The Bertz CT molecular complexity index is 1290. The van der Waals surface area contributed by atoms with Crippen LogP contribution in [0.2, 0.25) is 0 Å². The summed E-state index contributed by atoms with van der Waals surface area (Å²) in [6, 6.07) is 0.0920. The molecule has 5 heterocycles. The predicted molar refractivity (Wildman–Crippen MR) is 137 cm³/mol. The number of nitrogen functional groups attached to an aromatic ring is 1. The van der Waals surface area contributed by atoms with Crippen LogP contribution in [-0.2, 0) is 25.5 Å². The van der Waals surface area contributed by atoms with Crippen LogP contribution >= 0.6 is 0 Å². The van der Waals surface area contributed by atoms with Crippen LogP contribution in [0.25, 0.3) is 11.2 Å². The second kappa shape index (κ2) is 10.8. The summed E-state index contributed by atoms with van der Waals surface area (Å²) in [7, 11) is 0. The van der Waals surface area contributed by atoms with Gasteiger partial charge in [0.25, 0.3) is 11.8 Å². The van der Waals surface area contributed by atoms with Crippen LogP contribution in [0, 0.1) is 5.92 Å². The Labute approximate surface area is 229 Å². The van der Waals surface area contributed by atoms with Crippen molar-refractivity contribution in [1.82, 2.24) is 35.1 Å². The van der Waals surface area contributed by atoms with E-state index in [2.05, 4.69) is 25.6 Å². The number of likely N-dealkylation sites (tertiary alicyclic amines) is 1. The van der Waals surface area contributed by atoms with Crippen LogP contribution in [0.1, 0.15) is 50.6 Å². The number of β-lactam (4-membered cyclic amide) rings is 1. The monoisotopic (exact) mass is 558 g/mol. The molecule has 0 bridgehead atoms. The van der Waals surface area contributed by atoms with Crippen molar-refractivity contribution < 1.29 is 34.1 Å². The van der Waals surface area contributed by atoms with Crippen molar-refractivity contribution in [2.75, 3.05) is 25.4 Å². The zero-order chi connectivity index (χ0) is 28.0. The van der Waals surface area contributed by atoms with Crippen molar-refractivity contribution in [2.24, 2.45) is 5.92 Å². The number of aryl methyl sites for hydroxylation is 1. The number of aliphatic hydroxyl groups excluding tert-OH is 2. The Kier molecular flexibility index (Phi) is 7.18. The van der Waals surface area contributed by atoms with E-state index in [-0.39, 0.29) is 17.8 Å². The Morgan fingerprint density at radius 2 is 1.95 bits per heavy atom. The number of amides is 3. The maximum absolute atomic E-state index is 12.5. The van der Waals surface area contributed by atoms with Crippen molar-refractivity contribution in [2.45, 2.75) is 81.6 Å². The molecular weight excluding hydrogens is 524 g/mol. The van der Waals surface area contributed by atoms with E-state index in [1.807, 2.05) is 0 Å². The van der Waals surface area contributed by atoms with E-state index in [9.17, 15) is 24.6 Å². The zero-order valence-electron chi connectivity index (χ0n) is 21.9. The summed E-state index contributed by atoms with van der Waals surface area (Å²) >= 11 is 0. The number of carbonyl (C=O) groups is 3. The molecule has 0 spiro atoms. The number of aliphatic hydroxyl groups is 2. The summed E-state index contributed by atoms with van der Waals surface area (Å²) in [5, 5.41) is 26.5. The Hall–Kier alpha value is -3.56. The lowest BCUT2D eigenvalue weighted by atomic mass is 9.91. The number of nitrogens with two attached hydrogens (primary N) is 1. The van der Waals surface area contributed by atoms with E-state index in [4.69, 9.17) is 15.2 Å². The van der Waals surface area contributed by atoms with Crippen molar-refractivity contribution in [3.63, 3.8) is 0 Å². The Morgan fingerprint density at radius 1 is 1.18 bits per heavy atom. The van der Waals surface area contributed by atoms with E-state index in [1.54, 1.807) is 4.90 Å². The molecule has 216 valence electrons. The van der Waals surface area contributed by atoms with Gasteiger partial charge in [0.15, 0.2) is 29.9 Å². The normalized spacial score (nSPS) is 28.8. The van der Waals surface area contributed by atoms with Crippen LogP contribution < -0.4 is 16.4 Å². The van der Waals surface area contributed by atoms with Gasteiger partial charge in [0.2, 0.25) is 0 Å². The van der Waals surface area contributed by atoms with Crippen LogP contribution in [0.4, 0.5) is 10.6 Å². The number of nitrogens with zero attached hydrogens (tertiary/aromatic N) is 5. The number of carbonyl (C=O) groups excluding carboxylic acids is 3. The molecule has 40 heavy (non-hydrogen) atoms. The standard InChI is InChI=1S/C25H34N8O7/c26-20-16-21(33(11-28-16)24-18(35)17(34)19(40-24)23(37)29-13-4-5-13)31-15(30-20)3-1-2-12-6-8-32(9-7-12)25(38)39-14-10-27-22(14)36/h11-14,17-19,24,34-35H,1-10H2,(H,27,36)(H,29,37)(H2,26,30,31)/t14?,17?,18-,19-,24+/m0/s1. The quantitative estimate of drug-likeness (QED) is 0.248. The fourth-order valence-corrected chi connectivity index (χ4v) is 5.41. The van der Waals surface area contributed by atoms with Gasteiger partial charge in [-0.3, -0.25) is 14.2 Å². The molecule has 3 saturated heterocycles. The van der Waals surface area contributed by atoms with Gasteiger partial charge in [-0.05, 0) is 44.4 Å². The summed E-state index contributed by atoms with van der Waals surface area (Å²) < 4.78 is 12.5. The first kappa shape index (κ1) is 26.7. The number of anilines is 1. The Morgan fingerprint density at radius 3 is 2.62 bits per heavy atom. The van der Waals surface area contributed by atoms with Crippen LogP contribution in [0.5, 0.6) is 0 Å². The first-order chi connectivity index (χ1) is 19.3. The fraction of sp³-hybridized carbons (Fsp3) is 0.680. The van der Waals surface area contributed by atoms with Gasteiger partial charge >= 0.3 is 6.09 Å². The van der Waals surface area contributed by atoms with Gasteiger partial charge < -0.3 is 41.0 Å². The summed E-state index contributed by atoms with van der Waals surface area (Å²) in [6.45, 7) is 1.54. The number of fused-ring (bicyclic) bond motifs is 1. The highest BCUT2D eigenvalue weighted by Gasteiger charge is 2.48. The number of hydrogen-bond acceptors (Lipinski definition) is 11. The minimum absolute atomic E-state index is 0.0920. The molecule has 3 amide bonds. The van der Waals surface area contributed by atoms with Gasteiger partial charge in [-0.25, -0.2) is 19.7 Å². The van der Waals surface area contributed by atoms with E-state index >= 15 is 0 Å². The maximum atomic E-state index is 12.5. The molecule has 2 unspecified atom stereocenters. The lowest BCUT2D eigenvalue weighted by Gasteiger charge is -2.33. The molecule has 2 aromatic rings. The van der Waals surface area contributed by atoms with Crippen LogP contribution in [0.3, 0.4) is 0 Å². The molecule has 4 fully saturated rings. The third-order valence-corrected chi connectivity index (χ3v) is 8.07. The molecule has 4 aliphatic rings. The van der Waals surface area contributed by atoms with Gasteiger partial charge in [0.05, 0.1) is 12.9 Å². The van der Waals surface area contributed by atoms with Gasteiger partial charge in [-0.2, -0.15) is 0 Å². The van der Waals surface area contributed by atoms with Crippen molar-refractivity contribution in [3.05, 3.63) is 12.2 Å². The minimum atomic E-state index is -1.40. The highest BCUT2D eigenvalue weighted by molar-refractivity contribution is 5.88. The van der Waals surface area contributed by atoms with Crippen LogP contribution in [-0.4, -0.2) is 103 Å². The minimum Gasteiger partial charge on any atom is -0.434 e. The number of hydrogen-bond donors (Lipinski definition) is 5. The van der Waals surface area contributed by atoms with E-state index in [1.165, 1.54) is 10.9 Å². The molecule has 6 N–H and O–H groups in total. The molecule has 0 aromatic carbocycles. The molecule has 5 atom stereocenters. The first-order valence-electron chi connectivity index (χ1n) is 13.8. The molecule has 0 radical (unpaired) electrons. The van der Waals surface area contributed by atoms with Crippen molar-refractivity contribution in [1.29, 1.82) is 0 Å². The van der Waals surface area contributed by atoms with Crippen molar-refractivity contribution in [3.8, 4) is 0 Å². The number of aromatic nitrogens is 4. The molecule has 1 saturated carbocycles. The van der Waals surface area contributed by atoms with Gasteiger partial charge in [0.1, 0.15) is 23.5 Å². The van der Waals surface area contributed by atoms with E-state index in [0.717, 1.165) is 38.5 Å². The smallest absolute Gasteiger partial charge is 0.410 e. The lowest BCUT2D eigenvalue weighted by Crippen LogP contribution is -2.56. The highest BCUT2D eigenvalue weighted by atomic mass is 16.6. The zero-order valence-corrected chi connectivity index (χ0v) is 21.9. The first-order valence-corrected chi connectivity index (χ1v) is 13.8. The average molecular weight is 559 g/mol. The molecule has 15 nitrogen and oxygen atoms in total. The Balaban J connectivity index is 1.04. The fourth-order valence-electron chi connectivity index (χ4n) is 5.41. The third-order valence-electron chi connectivity index (χ3n) is 8.07.